The van der Waals surface area contributed by atoms with Crippen LogP contribution in [0.4, 0.5) is 0 Å². The van der Waals surface area contributed by atoms with Gasteiger partial charge >= 0.3 is 0 Å². The third-order valence-corrected chi connectivity index (χ3v) is 1.44. The summed E-state index contributed by atoms with van der Waals surface area (Å²) in [7, 11) is 0. The number of amides is 2. The molecule has 0 saturated heterocycles. The standard InChI is InChI=1S/C9H14N2O3/c1-3-5-7(9(10)13)11-8(12)6-14-4-2/h1,7H,4-6H2,2H3,(H2,10,13)(H,11,12)/t7-/m1/s1. The Morgan fingerprint density at radius 1 is 1.64 bits per heavy atom. The Balaban J connectivity index is 3.97. The van der Waals surface area contributed by atoms with Gasteiger partial charge in [-0.15, -0.1) is 12.3 Å². The van der Waals surface area contributed by atoms with Gasteiger partial charge < -0.3 is 15.8 Å². The third-order valence-electron chi connectivity index (χ3n) is 1.44. The van der Waals surface area contributed by atoms with Gasteiger partial charge in [-0.3, -0.25) is 9.59 Å². The summed E-state index contributed by atoms with van der Waals surface area (Å²) in [5.41, 5.74) is 5.01. The molecule has 0 aromatic rings. The molecule has 2 amide bonds. The molecule has 0 heterocycles. The molecule has 0 aliphatic carbocycles. The highest BCUT2D eigenvalue weighted by Gasteiger charge is 2.16. The van der Waals surface area contributed by atoms with E-state index in [9.17, 15) is 9.59 Å². The minimum atomic E-state index is -0.812. The molecular weight excluding hydrogens is 184 g/mol. The van der Waals surface area contributed by atoms with Crippen LogP contribution in [-0.2, 0) is 14.3 Å². The Morgan fingerprint density at radius 2 is 2.29 bits per heavy atom. The van der Waals surface area contributed by atoms with E-state index < -0.39 is 17.9 Å². The second kappa shape index (κ2) is 6.92. The van der Waals surface area contributed by atoms with Gasteiger partial charge in [-0.25, -0.2) is 0 Å². The number of carbonyl (C=O) groups excluding carboxylic acids is 2. The molecule has 0 saturated carbocycles. The fraction of sp³-hybridized carbons (Fsp3) is 0.556. The zero-order chi connectivity index (χ0) is 11.0. The highest BCUT2D eigenvalue weighted by atomic mass is 16.5. The lowest BCUT2D eigenvalue weighted by molar-refractivity contribution is -0.130. The highest BCUT2D eigenvalue weighted by molar-refractivity contribution is 5.87. The lowest BCUT2D eigenvalue weighted by Crippen LogP contribution is -2.45. The quantitative estimate of drug-likeness (QED) is 0.538. The smallest absolute Gasteiger partial charge is 0.246 e. The zero-order valence-electron chi connectivity index (χ0n) is 8.08. The lowest BCUT2D eigenvalue weighted by Gasteiger charge is -2.12. The maximum atomic E-state index is 11.1. The van der Waals surface area contributed by atoms with E-state index >= 15 is 0 Å². The van der Waals surface area contributed by atoms with Gasteiger partial charge in [0.2, 0.25) is 11.8 Å². The number of nitrogens with two attached hydrogens (primary N) is 1. The monoisotopic (exact) mass is 198 g/mol. The van der Waals surface area contributed by atoms with E-state index in [0.29, 0.717) is 6.61 Å². The van der Waals surface area contributed by atoms with E-state index in [-0.39, 0.29) is 13.0 Å². The Labute approximate surface area is 83.0 Å². The second-order valence-corrected chi connectivity index (χ2v) is 2.57. The number of ether oxygens (including phenoxy) is 1. The van der Waals surface area contributed by atoms with E-state index in [4.69, 9.17) is 16.9 Å². The first kappa shape index (κ1) is 12.5. The predicted octanol–water partition coefficient (Wildman–Crippen LogP) is -0.984. The van der Waals surface area contributed by atoms with Gasteiger partial charge in [0.25, 0.3) is 0 Å². The summed E-state index contributed by atoms with van der Waals surface area (Å²) in [5, 5.41) is 2.37. The van der Waals surface area contributed by atoms with Crippen molar-refractivity contribution in [1.82, 2.24) is 5.32 Å². The largest absolute Gasteiger partial charge is 0.372 e. The molecule has 0 rings (SSSR count). The van der Waals surface area contributed by atoms with Crippen molar-refractivity contribution >= 4 is 11.8 Å². The average Bonchev–Trinajstić information content (AvgIpc) is 2.14. The maximum Gasteiger partial charge on any atom is 0.246 e. The Bertz CT molecular complexity index is 245. The van der Waals surface area contributed by atoms with Crippen LogP contribution in [0.3, 0.4) is 0 Å². The lowest BCUT2D eigenvalue weighted by atomic mass is 10.2. The summed E-state index contributed by atoms with van der Waals surface area (Å²) in [4.78, 5) is 21.8. The number of primary amides is 1. The summed E-state index contributed by atoms with van der Waals surface area (Å²) < 4.78 is 4.84. The van der Waals surface area contributed by atoms with Crippen molar-refractivity contribution in [1.29, 1.82) is 0 Å². The van der Waals surface area contributed by atoms with Gasteiger partial charge in [0.05, 0.1) is 0 Å². The Hall–Kier alpha value is -1.54. The van der Waals surface area contributed by atoms with Crippen LogP contribution < -0.4 is 11.1 Å². The number of carbonyl (C=O) groups is 2. The number of hydrogen-bond acceptors (Lipinski definition) is 3. The first-order chi connectivity index (χ1) is 6.61. The minimum absolute atomic E-state index is 0.0905. The average molecular weight is 198 g/mol. The first-order valence-electron chi connectivity index (χ1n) is 4.21. The Morgan fingerprint density at radius 3 is 2.71 bits per heavy atom. The van der Waals surface area contributed by atoms with Gasteiger partial charge in [0.1, 0.15) is 12.6 Å². The maximum absolute atomic E-state index is 11.1. The van der Waals surface area contributed by atoms with E-state index in [2.05, 4.69) is 11.2 Å². The summed E-state index contributed by atoms with van der Waals surface area (Å²) in [6.07, 6.45) is 5.09. The van der Waals surface area contributed by atoms with Crippen molar-refractivity contribution in [2.24, 2.45) is 5.73 Å². The second-order valence-electron chi connectivity index (χ2n) is 2.57. The van der Waals surface area contributed by atoms with Crippen LogP contribution in [0.15, 0.2) is 0 Å². The van der Waals surface area contributed by atoms with Crippen LogP contribution in [0.5, 0.6) is 0 Å². The molecule has 5 nitrogen and oxygen atoms in total. The molecule has 0 aliphatic heterocycles. The molecule has 0 aromatic heterocycles. The van der Waals surface area contributed by atoms with Gasteiger partial charge in [0.15, 0.2) is 0 Å². The zero-order valence-corrected chi connectivity index (χ0v) is 8.08. The molecule has 0 aromatic carbocycles. The van der Waals surface area contributed by atoms with Gasteiger partial charge in [-0.05, 0) is 6.92 Å². The first-order valence-corrected chi connectivity index (χ1v) is 4.21. The van der Waals surface area contributed by atoms with Crippen LogP contribution in [0, 0.1) is 12.3 Å². The van der Waals surface area contributed by atoms with Gasteiger partial charge in [-0.2, -0.15) is 0 Å². The molecule has 1 atom stereocenters. The van der Waals surface area contributed by atoms with Gasteiger partial charge in [0, 0.05) is 13.0 Å². The summed E-state index contributed by atoms with van der Waals surface area (Å²) >= 11 is 0. The van der Waals surface area contributed by atoms with E-state index in [1.165, 1.54) is 0 Å². The predicted molar refractivity (Wildman–Crippen MR) is 51.1 cm³/mol. The number of nitrogens with one attached hydrogen (secondary N) is 1. The van der Waals surface area contributed by atoms with E-state index in [1.807, 2.05) is 0 Å². The molecule has 14 heavy (non-hydrogen) atoms. The van der Waals surface area contributed by atoms with Crippen LogP contribution in [0.2, 0.25) is 0 Å². The van der Waals surface area contributed by atoms with Crippen molar-refractivity contribution in [2.75, 3.05) is 13.2 Å². The number of rotatable bonds is 6. The van der Waals surface area contributed by atoms with Crippen molar-refractivity contribution < 1.29 is 14.3 Å². The van der Waals surface area contributed by atoms with Crippen molar-refractivity contribution in [3.63, 3.8) is 0 Å². The fourth-order valence-corrected chi connectivity index (χ4v) is 0.771. The minimum Gasteiger partial charge on any atom is -0.372 e. The highest BCUT2D eigenvalue weighted by Crippen LogP contribution is 1.89. The molecular formula is C9H14N2O3. The molecule has 0 fully saturated rings. The molecule has 0 spiro atoms. The topological polar surface area (TPSA) is 81.4 Å². The SMILES string of the molecule is C#CC[C@@H](NC(=O)COCC)C(N)=O. The molecule has 0 unspecified atom stereocenters. The fourth-order valence-electron chi connectivity index (χ4n) is 0.771. The van der Waals surface area contributed by atoms with Gasteiger partial charge in [-0.1, -0.05) is 0 Å². The van der Waals surface area contributed by atoms with Crippen LogP contribution in [0.25, 0.3) is 0 Å². The van der Waals surface area contributed by atoms with E-state index in [0.717, 1.165) is 0 Å². The molecule has 0 radical (unpaired) electrons. The van der Waals surface area contributed by atoms with Crippen LogP contribution in [0.1, 0.15) is 13.3 Å². The number of terminal acetylenes is 1. The van der Waals surface area contributed by atoms with Crippen LogP contribution in [-0.4, -0.2) is 31.1 Å². The van der Waals surface area contributed by atoms with Crippen LogP contribution >= 0.6 is 0 Å². The molecule has 3 N–H and O–H groups in total. The molecule has 0 aliphatic rings. The summed E-state index contributed by atoms with van der Waals surface area (Å²) in [6, 6.07) is -0.812. The number of hydrogen-bond donors (Lipinski definition) is 2. The summed E-state index contributed by atoms with van der Waals surface area (Å²) in [6.45, 7) is 2.11. The van der Waals surface area contributed by atoms with E-state index in [1.54, 1.807) is 6.92 Å². The normalized spacial score (nSPS) is 11.4. The van der Waals surface area contributed by atoms with Crippen molar-refractivity contribution in [2.45, 2.75) is 19.4 Å². The molecule has 5 heteroatoms. The van der Waals surface area contributed by atoms with Crippen molar-refractivity contribution in [3.05, 3.63) is 0 Å². The molecule has 78 valence electrons. The third kappa shape index (κ3) is 5.17. The summed E-state index contributed by atoms with van der Waals surface area (Å²) in [5.74, 6) is 1.21. The van der Waals surface area contributed by atoms with Crippen molar-refractivity contribution in [3.8, 4) is 12.3 Å². The Kier molecular flexibility index (Phi) is 6.16. The molecule has 0 bridgehead atoms.